The maximum Gasteiger partial charge on any atom is 0.0782 e. The summed E-state index contributed by atoms with van der Waals surface area (Å²) in [4.78, 5) is 2.13. The summed E-state index contributed by atoms with van der Waals surface area (Å²) in [7, 11) is 2.04. The van der Waals surface area contributed by atoms with Crippen LogP contribution in [0.1, 0.15) is 29.7 Å². The highest BCUT2D eigenvalue weighted by Crippen LogP contribution is 2.31. The molecule has 0 spiro atoms. The van der Waals surface area contributed by atoms with Crippen LogP contribution in [-0.4, -0.2) is 12.2 Å². The lowest BCUT2D eigenvalue weighted by Gasteiger charge is -2.24. The molecule has 2 rings (SSSR count). The van der Waals surface area contributed by atoms with Gasteiger partial charge in [0.1, 0.15) is 0 Å². The number of rotatable bonds is 3. The van der Waals surface area contributed by atoms with Crippen molar-refractivity contribution in [2.75, 3.05) is 11.9 Å². The molecular formula is C17H21NO. The van der Waals surface area contributed by atoms with Gasteiger partial charge in [-0.3, -0.25) is 0 Å². The van der Waals surface area contributed by atoms with Crippen LogP contribution in [0.2, 0.25) is 0 Å². The van der Waals surface area contributed by atoms with E-state index in [1.54, 1.807) is 6.92 Å². The number of hydrogen-bond donors (Lipinski definition) is 1. The van der Waals surface area contributed by atoms with Crippen LogP contribution in [0.3, 0.4) is 0 Å². The summed E-state index contributed by atoms with van der Waals surface area (Å²) < 4.78 is 0. The van der Waals surface area contributed by atoms with Crippen LogP contribution >= 0.6 is 0 Å². The van der Waals surface area contributed by atoms with Gasteiger partial charge in [-0.25, -0.2) is 0 Å². The van der Waals surface area contributed by atoms with Crippen molar-refractivity contribution < 1.29 is 5.11 Å². The molecule has 1 atom stereocenters. The summed E-state index contributed by atoms with van der Waals surface area (Å²) in [5, 5.41) is 9.88. The number of benzene rings is 2. The Labute approximate surface area is 115 Å². The Hall–Kier alpha value is -1.80. The molecule has 2 nitrogen and oxygen atoms in total. The van der Waals surface area contributed by atoms with E-state index in [1.807, 2.05) is 31.3 Å². The minimum absolute atomic E-state index is 0.468. The molecule has 1 N–H and O–H groups in total. The first-order valence-corrected chi connectivity index (χ1v) is 6.58. The van der Waals surface area contributed by atoms with E-state index in [-0.39, 0.29) is 0 Å². The van der Waals surface area contributed by atoms with Crippen molar-refractivity contribution in [2.45, 2.75) is 26.9 Å². The Balaban J connectivity index is 2.46. The van der Waals surface area contributed by atoms with Gasteiger partial charge in [0, 0.05) is 24.0 Å². The molecule has 0 saturated carbocycles. The van der Waals surface area contributed by atoms with Crippen molar-refractivity contribution in [3.05, 3.63) is 59.2 Å². The van der Waals surface area contributed by atoms with Gasteiger partial charge in [0.25, 0.3) is 0 Å². The Bertz CT molecular complexity index is 555. The van der Waals surface area contributed by atoms with E-state index in [0.717, 1.165) is 16.9 Å². The second-order valence-corrected chi connectivity index (χ2v) is 5.14. The second-order valence-electron chi connectivity index (χ2n) is 5.14. The molecule has 0 unspecified atom stereocenters. The van der Waals surface area contributed by atoms with Gasteiger partial charge < -0.3 is 10.0 Å². The zero-order valence-corrected chi connectivity index (χ0v) is 12.0. The highest BCUT2D eigenvalue weighted by Gasteiger charge is 2.12. The molecule has 0 fully saturated rings. The molecule has 0 heterocycles. The van der Waals surface area contributed by atoms with Gasteiger partial charge in [-0.05, 0) is 50.1 Å². The number of hydrogen-bond acceptors (Lipinski definition) is 2. The minimum Gasteiger partial charge on any atom is -0.389 e. The van der Waals surface area contributed by atoms with Crippen molar-refractivity contribution in [3.63, 3.8) is 0 Å². The number of para-hydroxylation sites is 1. The minimum atomic E-state index is -0.468. The van der Waals surface area contributed by atoms with Crippen LogP contribution in [0.5, 0.6) is 0 Å². The fourth-order valence-electron chi connectivity index (χ4n) is 2.43. The van der Waals surface area contributed by atoms with E-state index in [2.05, 4.69) is 36.9 Å². The van der Waals surface area contributed by atoms with Crippen LogP contribution in [-0.2, 0) is 0 Å². The lowest BCUT2D eigenvalue weighted by atomic mass is 10.1. The second kappa shape index (κ2) is 5.45. The van der Waals surface area contributed by atoms with Crippen molar-refractivity contribution >= 4 is 11.4 Å². The zero-order chi connectivity index (χ0) is 14.0. The predicted molar refractivity (Wildman–Crippen MR) is 81.1 cm³/mol. The van der Waals surface area contributed by atoms with Gasteiger partial charge in [-0.2, -0.15) is 0 Å². The third-order valence-electron chi connectivity index (χ3n) is 3.34. The standard InChI is InChI=1S/C17H21NO/c1-12-9-13(2)11-15(10-12)18(4)17-8-6-5-7-16(17)14(3)19/h5-11,14,19H,1-4H3/t14-/m0/s1. The van der Waals surface area contributed by atoms with Crippen LogP contribution in [0.15, 0.2) is 42.5 Å². The molecule has 0 aliphatic rings. The van der Waals surface area contributed by atoms with E-state index in [0.29, 0.717) is 0 Å². The van der Waals surface area contributed by atoms with Crippen LogP contribution in [0.4, 0.5) is 11.4 Å². The fraction of sp³-hybridized carbons (Fsp3) is 0.294. The van der Waals surface area contributed by atoms with Gasteiger partial charge in [0.05, 0.1) is 6.10 Å². The Morgan fingerprint density at radius 2 is 1.58 bits per heavy atom. The summed E-state index contributed by atoms with van der Waals surface area (Å²) >= 11 is 0. The Morgan fingerprint density at radius 3 is 2.16 bits per heavy atom. The van der Waals surface area contributed by atoms with E-state index >= 15 is 0 Å². The summed E-state index contributed by atoms with van der Waals surface area (Å²) in [5.41, 5.74) is 5.63. The number of anilines is 2. The maximum absolute atomic E-state index is 9.88. The van der Waals surface area contributed by atoms with Crippen molar-refractivity contribution in [1.82, 2.24) is 0 Å². The normalized spacial score (nSPS) is 12.3. The van der Waals surface area contributed by atoms with Crippen molar-refractivity contribution in [2.24, 2.45) is 0 Å². The molecule has 0 saturated heterocycles. The SMILES string of the molecule is Cc1cc(C)cc(N(C)c2ccccc2[C@H](C)O)c1. The van der Waals surface area contributed by atoms with E-state index < -0.39 is 6.10 Å². The van der Waals surface area contributed by atoms with E-state index in [4.69, 9.17) is 0 Å². The first-order valence-electron chi connectivity index (χ1n) is 6.58. The highest BCUT2D eigenvalue weighted by molar-refractivity contribution is 5.67. The number of aliphatic hydroxyl groups is 1. The largest absolute Gasteiger partial charge is 0.389 e. The van der Waals surface area contributed by atoms with Crippen LogP contribution in [0.25, 0.3) is 0 Å². The zero-order valence-electron chi connectivity index (χ0n) is 12.0. The quantitative estimate of drug-likeness (QED) is 0.891. The summed E-state index contributed by atoms with van der Waals surface area (Å²) in [6.45, 7) is 6.00. The molecule has 0 radical (unpaired) electrons. The maximum atomic E-state index is 9.88. The van der Waals surface area contributed by atoms with Crippen molar-refractivity contribution in [3.8, 4) is 0 Å². The third kappa shape index (κ3) is 2.96. The molecule has 0 aliphatic heterocycles. The lowest BCUT2D eigenvalue weighted by Crippen LogP contribution is -2.13. The molecule has 100 valence electrons. The summed E-state index contributed by atoms with van der Waals surface area (Å²) in [6.07, 6.45) is -0.468. The molecule has 2 aromatic rings. The third-order valence-corrected chi connectivity index (χ3v) is 3.34. The highest BCUT2D eigenvalue weighted by atomic mass is 16.3. The monoisotopic (exact) mass is 255 g/mol. The van der Waals surface area contributed by atoms with E-state index in [9.17, 15) is 5.11 Å². The van der Waals surface area contributed by atoms with Crippen LogP contribution < -0.4 is 4.90 Å². The predicted octanol–water partition coefficient (Wildman–Crippen LogP) is 4.12. The summed E-state index contributed by atoms with van der Waals surface area (Å²) in [5.74, 6) is 0. The first kappa shape index (κ1) is 13.6. The molecule has 0 aliphatic carbocycles. The number of nitrogens with zero attached hydrogens (tertiary/aromatic N) is 1. The Kier molecular flexibility index (Phi) is 3.91. The van der Waals surface area contributed by atoms with Gasteiger partial charge in [-0.15, -0.1) is 0 Å². The molecular weight excluding hydrogens is 234 g/mol. The van der Waals surface area contributed by atoms with Crippen LogP contribution in [0, 0.1) is 13.8 Å². The average molecular weight is 255 g/mol. The van der Waals surface area contributed by atoms with Crippen molar-refractivity contribution in [1.29, 1.82) is 0 Å². The fourth-order valence-corrected chi connectivity index (χ4v) is 2.43. The lowest BCUT2D eigenvalue weighted by molar-refractivity contribution is 0.200. The molecule has 0 bridgehead atoms. The van der Waals surface area contributed by atoms with Gasteiger partial charge in [0.2, 0.25) is 0 Å². The molecule has 2 aromatic carbocycles. The molecule has 0 amide bonds. The molecule has 2 heteroatoms. The van der Waals surface area contributed by atoms with Gasteiger partial charge in [0.15, 0.2) is 0 Å². The van der Waals surface area contributed by atoms with Gasteiger partial charge in [-0.1, -0.05) is 24.3 Å². The number of aryl methyl sites for hydroxylation is 2. The van der Waals surface area contributed by atoms with Gasteiger partial charge >= 0.3 is 0 Å². The summed E-state index contributed by atoms with van der Waals surface area (Å²) in [6, 6.07) is 14.5. The first-order chi connectivity index (χ1) is 8.99. The molecule has 19 heavy (non-hydrogen) atoms. The number of aliphatic hydroxyl groups excluding tert-OH is 1. The smallest absolute Gasteiger partial charge is 0.0782 e. The Morgan fingerprint density at radius 1 is 1.00 bits per heavy atom. The van der Waals surface area contributed by atoms with E-state index in [1.165, 1.54) is 11.1 Å². The average Bonchev–Trinajstić information content (AvgIpc) is 2.36. The molecule has 0 aromatic heterocycles. The topological polar surface area (TPSA) is 23.5 Å².